The fraction of sp³-hybridized carbons (Fsp3) is 0.238. The monoisotopic (exact) mass is 360 g/mol. The van der Waals surface area contributed by atoms with Gasteiger partial charge in [0.2, 0.25) is 5.91 Å². The Balaban J connectivity index is 1.46. The quantitative estimate of drug-likeness (QED) is 0.779. The second-order valence-corrected chi connectivity index (χ2v) is 6.69. The van der Waals surface area contributed by atoms with E-state index >= 15 is 0 Å². The van der Waals surface area contributed by atoms with Gasteiger partial charge in [0.15, 0.2) is 0 Å². The van der Waals surface area contributed by atoms with Gasteiger partial charge < -0.3 is 10.2 Å². The van der Waals surface area contributed by atoms with E-state index in [1.54, 1.807) is 4.90 Å². The molecule has 1 saturated heterocycles. The van der Waals surface area contributed by atoms with Gasteiger partial charge in [-0.3, -0.25) is 14.6 Å². The number of amides is 2. The zero-order valence-corrected chi connectivity index (χ0v) is 14.8. The number of hydrogen-bond donors (Lipinski definition) is 1. The van der Waals surface area contributed by atoms with E-state index in [9.17, 15) is 9.59 Å². The van der Waals surface area contributed by atoms with Crippen LogP contribution >= 0.6 is 0 Å². The lowest BCUT2D eigenvalue weighted by molar-refractivity contribution is -0.121. The van der Waals surface area contributed by atoms with E-state index in [1.165, 1.54) is 6.20 Å². The van der Waals surface area contributed by atoms with E-state index in [2.05, 4.69) is 15.3 Å². The number of aromatic nitrogens is 2. The topological polar surface area (TPSA) is 75.2 Å². The summed E-state index contributed by atoms with van der Waals surface area (Å²) in [4.78, 5) is 35.9. The number of benzene rings is 2. The van der Waals surface area contributed by atoms with Gasteiger partial charge in [0, 0.05) is 18.8 Å². The van der Waals surface area contributed by atoms with Crippen molar-refractivity contribution < 1.29 is 9.59 Å². The van der Waals surface area contributed by atoms with E-state index in [1.807, 2.05) is 54.6 Å². The van der Waals surface area contributed by atoms with Crippen molar-refractivity contribution in [2.24, 2.45) is 5.92 Å². The highest BCUT2D eigenvalue weighted by Crippen LogP contribution is 2.20. The van der Waals surface area contributed by atoms with Crippen LogP contribution in [0.3, 0.4) is 0 Å². The van der Waals surface area contributed by atoms with Gasteiger partial charge in [-0.25, -0.2) is 4.98 Å². The molecule has 2 amide bonds. The molecule has 4 rings (SSSR count). The highest BCUT2D eigenvalue weighted by molar-refractivity contribution is 5.96. The number of hydrogen-bond acceptors (Lipinski definition) is 4. The lowest BCUT2D eigenvalue weighted by Crippen LogP contribution is -2.44. The Labute approximate surface area is 157 Å². The maximum absolute atomic E-state index is 12.9. The molecule has 6 heteroatoms. The number of fused-ring (bicyclic) bond motifs is 1. The van der Waals surface area contributed by atoms with Crippen molar-refractivity contribution in [3.05, 3.63) is 66.5 Å². The van der Waals surface area contributed by atoms with Crippen LogP contribution in [0.4, 0.5) is 5.69 Å². The first-order valence-corrected chi connectivity index (χ1v) is 9.08. The Bertz CT molecular complexity index is 974. The van der Waals surface area contributed by atoms with Crippen molar-refractivity contribution in [2.75, 3.05) is 18.4 Å². The van der Waals surface area contributed by atoms with Crippen LogP contribution in [0.5, 0.6) is 0 Å². The normalized spacial score (nSPS) is 16.9. The molecule has 1 fully saturated rings. The molecule has 0 saturated carbocycles. The summed E-state index contributed by atoms with van der Waals surface area (Å²) in [6, 6.07) is 16.8. The van der Waals surface area contributed by atoms with E-state index in [0.29, 0.717) is 24.3 Å². The summed E-state index contributed by atoms with van der Waals surface area (Å²) in [5.41, 5.74) is 2.54. The summed E-state index contributed by atoms with van der Waals surface area (Å²) in [7, 11) is 0. The summed E-state index contributed by atoms with van der Waals surface area (Å²) in [5, 5.41) is 2.93. The number of para-hydroxylation sites is 3. The van der Waals surface area contributed by atoms with E-state index in [-0.39, 0.29) is 17.7 Å². The number of carbonyl (C=O) groups is 2. The number of piperidine rings is 1. The first-order chi connectivity index (χ1) is 13.2. The summed E-state index contributed by atoms with van der Waals surface area (Å²) in [5.74, 6) is -0.454. The second kappa shape index (κ2) is 7.53. The summed E-state index contributed by atoms with van der Waals surface area (Å²) in [6.07, 6.45) is 3.07. The van der Waals surface area contributed by atoms with Gasteiger partial charge in [0.1, 0.15) is 5.69 Å². The fourth-order valence-electron chi connectivity index (χ4n) is 3.36. The second-order valence-electron chi connectivity index (χ2n) is 6.69. The minimum Gasteiger partial charge on any atom is -0.336 e. The lowest BCUT2D eigenvalue weighted by atomic mass is 9.96. The Morgan fingerprint density at radius 3 is 2.56 bits per heavy atom. The molecule has 0 bridgehead atoms. The van der Waals surface area contributed by atoms with Gasteiger partial charge in [-0.05, 0) is 37.1 Å². The molecule has 2 aromatic carbocycles. The van der Waals surface area contributed by atoms with Crippen LogP contribution in [-0.2, 0) is 4.79 Å². The molecule has 1 aliphatic rings. The zero-order valence-electron chi connectivity index (χ0n) is 14.8. The van der Waals surface area contributed by atoms with Crippen LogP contribution in [-0.4, -0.2) is 39.8 Å². The highest BCUT2D eigenvalue weighted by atomic mass is 16.2. The van der Waals surface area contributed by atoms with Crippen LogP contribution in [0.1, 0.15) is 23.3 Å². The van der Waals surface area contributed by atoms with Gasteiger partial charge in [0.25, 0.3) is 5.91 Å². The molecule has 0 spiro atoms. The molecule has 1 unspecified atom stereocenters. The Kier molecular flexibility index (Phi) is 4.78. The van der Waals surface area contributed by atoms with Crippen LogP contribution < -0.4 is 5.32 Å². The smallest absolute Gasteiger partial charge is 0.274 e. The molecule has 3 aromatic rings. The molecule has 1 atom stereocenters. The SMILES string of the molecule is O=C(Nc1ccccc1)C1CCCN(C(=O)c2cnc3ccccc3n2)C1. The first-order valence-electron chi connectivity index (χ1n) is 9.08. The molecule has 1 N–H and O–H groups in total. The molecule has 27 heavy (non-hydrogen) atoms. The van der Waals surface area contributed by atoms with Crippen LogP contribution in [0, 0.1) is 5.92 Å². The van der Waals surface area contributed by atoms with Crippen molar-refractivity contribution in [1.29, 1.82) is 0 Å². The molecular weight excluding hydrogens is 340 g/mol. The number of anilines is 1. The third-order valence-corrected chi connectivity index (χ3v) is 4.79. The number of rotatable bonds is 3. The van der Waals surface area contributed by atoms with Gasteiger partial charge in [0.05, 0.1) is 23.1 Å². The minimum absolute atomic E-state index is 0.0525. The largest absolute Gasteiger partial charge is 0.336 e. The summed E-state index contributed by atoms with van der Waals surface area (Å²) < 4.78 is 0. The Morgan fingerprint density at radius 2 is 1.74 bits per heavy atom. The summed E-state index contributed by atoms with van der Waals surface area (Å²) in [6.45, 7) is 1.02. The summed E-state index contributed by atoms with van der Waals surface area (Å²) >= 11 is 0. The standard InChI is InChI=1S/C21H20N4O2/c26-20(23-16-8-2-1-3-9-16)15-7-6-12-25(14-15)21(27)19-13-22-17-10-4-5-11-18(17)24-19/h1-5,8-11,13,15H,6-7,12,14H2,(H,23,26). The van der Waals surface area contributed by atoms with Crippen molar-refractivity contribution in [3.63, 3.8) is 0 Å². The molecule has 0 aliphatic carbocycles. The number of nitrogens with zero attached hydrogens (tertiary/aromatic N) is 3. The van der Waals surface area contributed by atoms with Gasteiger partial charge in [-0.2, -0.15) is 0 Å². The zero-order chi connectivity index (χ0) is 18.6. The number of likely N-dealkylation sites (tertiary alicyclic amines) is 1. The Hall–Kier alpha value is -3.28. The predicted octanol–water partition coefficient (Wildman–Crippen LogP) is 3.12. The third-order valence-electron chi connectivity index (χ3n) is 4.79. The first kappa shape index (κ1) is 17.1. The molecule has 2 heterocycles. The maximum atomic E-state index is 12.9. The van der Waals surface area contributed by atoms with Crippen LogP contribution in [0.15, 0.2) is 60.8 Å². The number of nitrogens with one attached hydrogen (secondary N) is 1. The Morgan fingerprint density at radius 1 is 1.00 bits per heavy atom. The number of carbonyl (C=O) groups excluding carboxylic acids is 2. The van der Waals surface area contributed by atoms with Crippen molar-refractivity contribution in [1.82, 2.24) is 14.9 Å². The molecule has 1 aliphatic heterocycles. The van der Waals surface area contributed by atoms with Crippen LogP contribution in [0.2, 0.25) is 0 Å². The molecule has 1 aromatic heterocycles. The van der Waals surface area contributed by atoms with E-state index in [4.69, 9.17) is 0 Å². The molecule has 6 nitrogen and oxygen atoms in total. The van der Waals surface area contributed by atoms with Crippen molar-refractivity contribution >= 4 is 28.5 Å². The average molecular weight is 360 g/mol. The van der Waals surface area contributed by atoms with E-state index < -0.39 is 0 Å². The van der Waals surface area contributed by atoms with Crippen LogP contribution in [0.25, 0.3) is 11.0 Å². The van der Waals surface area contributed by atoms with Gasteiger partial charge >= 0.3 is 0 Å². The lowest BCUT2D eigenvalue weighted by Gasteiger charge is -2.31. The van der Waals surface area contributed by atoms with E-state index in [0.717, 1.165) is 24.0 Å². The molecule has 0 radical (unpaired) electrons. The predicted molar refractivity (Wildman–Crippen MR) is 103 cm³/mol. The van der Waals surface area contributed by atoms with Crippen molar-refractivity contribution in [3.8, 4) is 0 Å². The minimum atomic E-state index is -0.226. The molecule has 136 valence electrons. The van der Waals surface area contributed by atoms with Gasteiger partial charge in [-0.1, -0.05) is 30.3 Å². The van der Waals surface area contributed by atoms with Crippen molar-refractivity contribution in [2.45, 2.75) is 12.8 Å². The molecular formula is C21H20N4O2. The van der Waals surface area contributed by atoms with Gasteiger partial charge in [-0.15, -0.1) is 0 Å². The average Bonchev–Trinajstić information content (AvgIpc) is 2.73. The fourth-order valence-corrected chi connectivity index (χ4v) is 3.36. The highest BCUT2D eigenvalue weighted by Gasteiger charge is 2.29. The third kappa shape index (κ3) is 3.79. The maximum Gasteiger partial charge on any atom is 0.274 e.